The number of nitrogens with zero attached hydrogens (tertiary/aromatic N) is 2. The average molecular weight is 466 g/mol. The number of aromatic nitrogens is 3. The molecule has 2 aromatic heterocycles. The second-order valence-electron chi connectivity index (χ2n) is 8.66. The average Bonchev–Trinajstić information content (AvgIpc) is 3.62. The van der Waals surface area contributed by atoms with E-state index in [1.165, 1.54) is 0 Å². The number of hydrogen-bond acceptors (Lipinski definition) is 4. The van der Waals surface area contributed by atoms with Crippen LogP contribution in [0.3, 0.4) is 0 Å². The van der Waals surface area contributed by atoms with Crippen LogP contribution in [0.1, 0.15) is 33.4 Å². The molecule has 5 aromatic rings. The molecule has 1 aliphatic heterocycles. The highest BCUT2D eigenvalue weighted by Crippen LogP contribution is 2.38. The van der Waals surface area contributed by atoms with Crippen LogP contribution in [0.15, 0.2) is 79.4 Å². The molecule has 0 saturated heterocycles. The molecule has 7 heteroatoms. The van der Waals surface area contributed by atoms with Crippen molar-refractivity contribution in [3.05, 3.63) is 102 Å². The normalized spacial score (nSPS) is 13.3. The first kappa shape index (κ1) is 21.0. The smallest absolute Gasteiger partial charge is 0.338 e. The van der Waals surface area contributed by atoms with Crippen LogP contribution in [0.4, 0.5) is 0 Å². The van der Waals surface area contributed by atoms with Gasteiger partial charge in [-0.2, -0.15) is 0 Å². The van der Waals surface area contributed by atoms with Crippen molar-refractivity contribution in [3.63, 3.8) is 0 Å². The quantitative estimate of drug-likeness (QED) is 0.341. The Bertz CT molecular complexity index is 1550. The van der Waals surface area contributed by atoms with Gasteiger partial charge in [0, 0.05) is 17.5 Å². The van der Waals surface area contributed by atoms with Crippen molar-refractivity contribution in [2.45, 2.75) is 19.4 Å². The largest absolute Gasteiger partial charge is 0.478 e. The molecule has 0 bridgehead atoms. The standard InChI is InChI=1S/C28H23N3O4/c1-17-27(28(32)33)22(21-8-4-6-19-5-2-3-7-20(19)21)14-31(17)24(23-13-29-15-30-23)11-18-9-10-25-26(12-18)35-16-34-25/h2-10,12-15,24H,11,16H2,1H3,(H,29,30)(H,32,33). The van der Waals surface area contributed by atoms with Gasteiger partial charge in [-0.1, -0.05) is 48.5 Å². The van der Waals surface area contributed by atoms with Crippen molar-refractivity contribution in [1.82, 2.24) is 14.5 Å². The number of nitrogens with one attached hydrogen (secondary N) is 1. The molecule has 3 aromatic carbocycles. The molecule has 0 saturated carbocycles. The fourth-order valence-corrected chi connectivity index (χ4v) is 4.98. The number of benzene rings is 3. The second kappa shape index (κ2) is 8.36. The van der Waals surface area contributed by atoms with Crippen molar-refractivity contribution < 1.29 is 19.4 Å². The Morgan fingerprint density at radius 1 is 1.09 bits per heavy atom. The predicted octanol–water partition coefficient (Wildman–Crippen LogP) is 5.60. The van der Waals surface area contributed by atoms with Gasteiger partial charge in [0.05, 0.1) is 29.8 Å². The molecule has 7 nitrogen and oxygen atoms in total. The van der Waals surface area contributed by atoms with E-state index in [2.05, 4.69) is 9.97 Å². The minimum Gasteiger partial charge on any atom is -0.478 e. The Hall–Kier alpha value is -4.52. The van der Waals surface area contributed by atoms with Crippen molar-refractivity contribution in [2.75, 3.05) is 6.79 Å². The minimum atomic E-state index is -0.948. The lowest BCUT2D eigenvalue weighted by atomic mass is 9.97. The van der Waals surface area contributed by atoms with Crippen molar-refractivity contribution in [1.29, 1.82) is 0 Å². The molecule has 6 rings (SSSR count). The number of carboxylic acids is 1. The number of carboxylic acid groups (broad SMARTS) is 1. The van der Waals surface area contributed by atoms with Crippen LogP contribution in [-0.4, -0.2) is 32.4 Å². The summed E-state index contributed by atoms with van der Waals surface area (Å²) in [5, 5.41) is 12.3. The first-order valence-corrected chi connectivity index (χ1v) is 11.4. The van der Waals surface area contributed by atoms with E-state index < -0.39 is 5.97 Å². The second-order valence-corrected chi connectivity index (χ2v) is 8.66. The zero-order valence-corrected chi connectivity index (χ0v) is 19.1. The van der Waals surface area contributed by atoms with Gasteiger partial charge < -0.3 is 24.1 Å². The lowest BCUT2D eigenvalue weighted by molar-refractivity contribution is 0.0696. The van der Waals surface area contributed by atoms with E-state index in [1.807, 2.05) is 78.4 Å². The van der Waals surface area contributed by atoms with Gasteiger partial charge in [0.25, 0.3) is 0 Å². The third-order valence-corrected chi connectivity index (χ3v) is 6.66. The first-order chi connectivity index (χ1) is 17.1. The molecule has 0 amide bonds. The van der Waals surface area contributed by atoms with Gasteiger partial charge in [-0.3, -0.25) is 0 Å². The molecule has 2 N–H and O–H groups in total. The fourth-order valence-electron chi connectivity index (χ4n) is 4.98. The molecular formula is C28H23N3O4. The highest BCUT2D eigenvalue weighted by molar-refractivity contribution is 6.04. The number of ether oxygens (including phenoxy) is 2. The van der Waals surface area contributed by atoms with Gasteiger partial charge in [-0.25, -0.2) is 9.78 Å². The van der Waals surface area contributed by atoms with Gasteiger partial charge >= 0.3 is 5.97 Å². The van der Waals surface area contributed by atoms with E-state index in [1.54, 1.807) is 12.5 Å². The summed E-state index contributed by atoms with van der Waals surface area (Å²) in [7, 11) is 0. The number of hydrogen-bond donors (Lipinski definition) is 2. The number of aromatic carboxylic acids is 1. The van der Waals surface area contributed by atoms with Gasteiger partial charge in [0.15, 0.2) is 11.5 Å². The summed E-state index contributed by atoms with van der Waals surface area (Å²) in [5.74, 6) is 0.503. The molecule has 3 heterocycles. The topological polar surface area (TPSA) is 89.4 Å². The van der Waals surface area contributed by atoms with Crippen LogP contribution in [0.5, 0.6) is 11.5 Å². The number of H-pyrrole nitrogens is 1. The third-order valence-electron chi connectivity index (χ3n) is 6.66. The monoisotopic (exact) mass is 465 g/mol. The van der Waals surface area contributed by atoms with E-state index in [0.717, 1.165) is 39.1 Å². The van der Waals surface area contributed by atoms with Crippen LogP contribution in [0.2, 0.25) is 0 Å². The summed E-state index contributed by atoms with van der Waals surface area (Å²) in [6.07, 6.45) is 6.00. The number of carbonyl (C=O) groups is 1. The maximum Gasteiger partial charge on any atom is 0.338 e. The van der Waals surface area contributed by atoms with E-state index >= 15 is 0 Å². The lowest BCUT2D eigenvalue weighted by Crippen LogP contribution is -2.15. The Kier molecular flexibility index (Phi) is 5.03. The van der Waals surface area contributed by atoms with E-state index in [9.17, 15) is 9.90 Å². The summed E-state index contributed by atoms with van der Waals surface area (Å²) in [4.78, 5) is 20.0. The maximum absolute atomic E-state index is 12.5. The van der Waals surface area contributed by atoms with Gasteiger partial charge in [0.2, 0.25) is 6.79 Å². The van der Waals surface area contributed by atoms with Gasteiger partial charge in [-0.15, -0.1) is 0 Å². The molecule has 35 heavy (non-hydrogen) atoms. The van der Waals surface area contributed by atoms with E-state index in [0.29, 0.717) is 23.2 Å². The fraction of sp³-hybridized carbons (Fsp3) is 0.143. The molecule has 0 aliphatic carbocycles. The van der Waals surface area contributed by atoms with Crippen LogP contribution < -0.4 is 9.47 Å². The van der Waals surface area contributed by atoms with Crippen LogP contribution >= 0.6 is 0 Å². The highest BCUT2D eigenvalue weighted by Gasteiger charge is 2.27. The number of rotatable bonds is 6. The summed E-state index contributed by atoms with van der Waals surface area (Å²) in [5.41, 5.74) is 4.51. The summed E-state index contributed by atoms with van der Waals surface area (Å²) >= 11 is 0. The molecular weight excluding hydrogens is 442 g/mol. The third kappa shape index (κ3) is 3.61. The summed E-state index contributed by atoms with van der Waals surface area (Å²) in [6.45, 7) is 2.08. The SMILES string of the molecule is Cc1c(C(=O)O)c(-c2cccc3ccccc23)cn1C(Cc1ccc2c(c1)OCO2)c1cnc[nH]1. The van der Waals surface area contributed by atoms with Crippen molar-refractivity contribution in [2.24, 2.45) is 0 Å². The first-order valence-electron chi connectivity index (χ1n) is 11.4. The number of fused-ring (bicyclic) bond motifs is 2. The zero-order chi connectivity index (χ0) is 23.9. The zero-order valence-electron chi connectivity index (χ0n) is 19.1. The van der Waals surface area contributed by atoms with Crippen molar-refractivity contribution >= 4 is 16.7 Å². The summed E-state index contributed by atoms with van der Waals surface area (Å²) in [6, 6.07) is 19.7. The molecule has 1 atom stereocenters. The van der Waals surface area contributed by atoms with E-state index in [-0.39, 0.29) is 12.8 Å². The van der Waals surface area contributed by atoms with Crippen molar-refractivity contribution in [3.8, 4) is 22.6 Å². The molecule has 0 fully saturated rings. The lowest BCUT2D eigenvalue weighted by Gasteiger charge is -2.20. The molecule has 0 spiro atoms. The van der Waals surface area contributed by atoms with E-state index in [4.69, 9.17) is 9.47 Å². The minimum absolute atomic E-state index is 0.195. The highest BCUT2D eigenvalue weighted by atomic mass is 16.7. The van der Waals surface area contributed by atoms with Crippen LogP contribution in [0.25, 0.3) is 21.9 Å². The number of aromatic amines is 1. The molecule has 0 radical (unpaired) electrons. The van der Waals surface area contributed by atoms with Gasteiger partial charge in [0.1, 0.15) is 0 Å². The Morgan fingerprint density at radius 2 is 1.91 bits per heavy atom. The molecule has 1 aliphatic rings. The molecule has 174 valence electrons. The summed E-state index contributed by atoms with van der Waals surface area (Å²) < 4.78 is 13.1. The molecule has 1 unspecified atom stereocenters. The Morgan fingerprint density at radius 3 is 2.74 bits per heavy atom. The number of imidazole rings is 1. The van der Waals surface area contributed by atoms with Crippen LogP contribution in [-0.2, 0) is 6.42 Å². The Balaban J connectivity index is 1.51. The van der Waals surface area contributed by atoms with Crippen LogP contribution in [0, 0.1) is 6.92 Å². The maximum atomic E-state index is 12.5. The Labute approximate surface area is 201 Å². The predicted molar refractivity (Wildman–Crippen MR) is 132 cm³/mol. The van der Waals surface area contributed by atoms with Gasteiger partial charge in [-0.05, 0) is 47.4 Å².